The summed E-state index contributed by atoms with van der Waals surface area (Å²) in [6.07, 6.45) is 0.975. The Labute approximate surface area is 160 Å². The number of amides is 1. The summed E-state index contributed by atoms with van der Waals surface area (Å²) in [6, 6.07) is 7.68. The number of guanidine groups is 1. The number of nitrogens with zero attached hydrogens (tertiary/aromatic N) is 2. The van der Waals surface area contributed by atoms with Gasteiger partial charge in [-0.1, -0.05) is 36.7 Å². The van der Waals surface area contributed by atoms with E-state index in [1.54, 1.807) is 14.1 Å². The van der Waals surface area contributed by atoms with Crippen molar-refractivity contribution in [1.29, 1.82) is 0 Å². The third-order valence-corrected chi connectivity index (χ3v) is 3.48. The third-order valence-electron chi connectivity index (χ3n) is 3.14. The number of benzene rings is 1. The molecule has 0 heterocycles. The van der Waals surface area contributed by atoms with Crippen LogP contribution in [0, 0.1) is 0 Å². The van der Waals surface area contributed by atoms with E-state index >= 15 is 0 Å². The molecule has 1 atom stereocenters. The first kappa shape index (κ1) is 22.0. The minimum Gasteiger partial charge on any atom is -0.356 e. The van der Waals surface area contributed by atoms with E-state index in [-0.39, 0.29) is 42.5 Å². The van der Waals surface area contributed by atoms with Gasteiger partial charge in [0.15, 0.2) is 5.96 Å². The van der Waals surface area contributed by atoms with Crippen molar-refractivity contribution in [2.24, 2.45) is 4.99 Å². The van der Waals surface area contributed by atoms with E-state index in [4.69, 9.17) is 11.6 Å². The Bertz CT molecular complexity index is 523. The maximum Gasteiger partial charge on any atom is 0.243 e. The van der Waals surface area contributed by atoms with Crippen molar-refractivity contribution >= 4 is 47.4 Å². The molecule has 0 aromatic heterocycles. The second-order valence-electron chi connectivity index (χ2n) is 5.27. The first-order valence-electron chi connectivity index (χ1n) is 7.45. The van der Waals surface area contributed by atoms with Crippen molar-refractivity contribution in [2.75, 3.05) is 27.2 Å². The highest BCUT2D eigenvalue weighted by Gasteiger charge is 2.11. The van der Waals surface area contributed by atoms with Crippen LogP contribution in [0.1, 0.15) is 31.9 Å². The maximum absolute atomic E-state index is 11.7. The number of rotatable bonds is 6. The van der Waals surface area contributed by atoms with Gasteiger partial charge < -0.3 is 15.5 Å². The van der Waals surface area contributed by atoms with Gasteiger partial charge in [0.05, 0.1) is 6.04 Å². The number of carbonyl (C=O) groups is 1. The lowest BCUT2D eigenvalue weighted by Crippen LogP contribution is -2.40. The van der Waals surface area contributed by atoms with Crippen molar-refractivity contribution in [3.63, 3.8) is 0 Å². The number of halogens is 2. The van der Waals surface area contributed by atoms with Crippen LogP contribution in [0.25, 0.3) is 0 Å². The maximum atomic E-state index is 11.7. The number of carbonyl (C=O) groups excluding carboxylic acids is 1. The highest BCUT2D eigenvalue weighted by atomic mass is 127. The van der Waals surface area contributed by atoms with Gasteiger partial charge in [-0.3, -0.25) is 4.79 Å². The highest BCUT2D eigenvalue weighted by molar-refractivity contribution is 14.0. The van der Waals surface area contributed by atoms with E-state index in [0.717, 1.165) is 18.5 Å². The van der Waals surface area contributed by atoms with E-state index in [1.807, 2.05) is 31.2 Å². The van der Waals surface area contributed by atoms with Crippen LogP contribution in [0.3, 0.4) is 0 Å². The summed E-state index contributed by atoms with van der Waals surface area (Å²) < 4.78 is 0. The molecular formula is C16H26ClIN4O. The van der Waals surface area contributed by atoms with Gasteiger partial charge in [-0.2, -0.15) is 0 Å². The summed E-state index contributed by atoms with van der Waals surface area (Å²) in [5, 5.41) is 7.21. The standard InChI is InChI=1S/C16H25ClN4O.HI/c1-5-10-18-16(19-11-15(22)21(3)4)20-12(2)13-8-6-7-9-14(13)17;/h6-9,12H,5,10-11H2,1-4H3,(H2,18,19,20);1H. The number of nitrogens with one attached hydrogen (secondary N) is 2. The van der Waals surface area contributed by atoms with E-state index in [1.165, 1.54) is 4.90 Å². The van der Waals surface area contributed by atoms with Gasteiger partial charge in [0, 0.05) is 25.7 Å². The van der Waals surface area contributed by atoms with E-state index in [9.17, 15) is 4.79 Å². The number of hydrogen-bond acceptors (Lipinski definition) is 2. The van der Waals surface area contributed by atoms with Crippen LogP contribution in [0.2, 0.25) is 5.02 Å². The molecule has 0 spiro atoms. The molecule has 0 bridgehead atoms. The van der Waals surface area contributed by atoms with E-state index < -0.39 is 0 Å². The van der Waals surface area contributed by atoms with Gasteiger partial charge in [0.1, 0.15) is 6.54 Å². The zero-order valence-electron chi connectivity index (χ0n) is 14.1. The molecule has 0 radical (unpaired) electrons. The summed E-state index contributed by atoms with van der Waals surface area (Å²) in [5.74, 6) is 0.576. The highest BCUT2D eigenvalue weighted by Crippen LogP contribution is 2.21. The second kappa shape index (κ2) is 11.5. The molecule has 23 heavy (non-hydrogen) atoms. The van der Waals surface area contributed by atoms with Crippen molar-refractivity contribution in [2.45, 2.75) is 26.3 Å². The molecule has 7 heteroatoms. The normalized spacial score (nSPS) is 12.1. The predicted octanol–water partition coefficient (Wildman–Crippen LogP) is 3.05. The minimum atomic E-state index is -0.0389. The third kappa shape index (κ3) is 7.87. The van der Waals surface area contributed by atoms with Gasteiger partial charge in [-0.15, -0.1) is 24.0 Å². The number of likely N-dealkylation sites (N-methyl/N-ethyl adjacent to an activating group) is 1. The SMILES string of the molecule is CCCNC(=NCC(=O)N(C)C)NC(C)c1ccccc1Cl.I. The molecule has 0 fully saturated rings. The average Bonchev–Trinajstić information content (AvgIpc) is 2.49. The lowest BCUT2D eigenvalue weighted by atomic mass is 10.1. The Kier molecular flexibility index (Phi) is 11.0. The Morgan fingerprint density at radius 3 is 2.57 bits per heavy atom. The second-order valence-corrected chi connectivity index (χ2v) is 5.67. The molecule has 0 saturated heterocycles. The first-order valence-corrected chi connectivity index (χ1v) is 7.83. The number of hydrogen-bond donors (Lipinski definition) is 2. The Morgan fingerprint density at radius 1 is 1.35 bits per heavy atom. The zero-order valence-corrected chi connectivity index (χ0v) is 17.2. The van der Waals surface area contributed by atoms with Crippen LogP contribution in [0.15, 0.2) is 29.3 Å². The molecule has 5 nitrogen and oxygen atoms in total. The molecule has 0 aliphatic rings. The van der Waals surface area contributed by atoms with E-state index in [0.29, 0.717) is 11.0 Å². The molecule has 1 rings (SSSR count). The van der Waals surface area contributed by atoms with Crippen molar-refractivity contribution in [1.82, 2.24) is 15.5 Å². The fourth-order valence-corrected chi connectivity index (χ4v) is 2.09. The van der Waals surface area contributed by atoms with Gasteiger partial charge in [0.25, 0.3) is 0 Å². The lowest BCUT2D eigenvalue weighted by Gasteiger charge is -2.19. The summed E-state index contributed by atoms with van der Waals surface area (Å²) in [5.41, 5.74) is 0.995. The first-order chi connectivity index (χ1) is 10.5. The van der Waals surface area contributed by atoms with Crippen LogP contribution in [0.5, 0.6) is 0 Å². The van der Waals surface area contributed by atoms with Crippen molar-refractivity contribution in [3.8, 4) is 0 Å². The fourth-order valence-electron chi connectivity index (χ4n) is 1.79. The topological polar surface area (TPSA) is 56.7 Å². The average molecular weight is 453 g/mol. The van der Waals surface area contributed by atoms with Crippen LogP contribution < -0.4 is 10.6 Å². The Balaban J connectivity index is 0.00000484. The lowest BCUT2D eigenvalue weighted by molar-refractivity contribution is -0.127. The van der Waals surface area contributed by atoms with Gasteiger partial charge in [-0.25, -0.2) is 4.99 Å². The molecule has 1 aromatic rings. The summed E-state index contributed by atoms with van der Waals surface area (Å²) in [7, 11) is 3.44. The molecule has 0 aliphatic heterocycles. The largest absolute Gasteiger partial charge is 0.356 e. The van der Waals surface area contributed by atoms with Crippen LogP contribution in [-0.4, -0.2) is 44.0 Å². The van der Waals surface area contributed by atoms with Gasteiger partial charge in [0.2, 0.25) is 5.91 Å². The summed E-state index contributed by atoms with van der Waals surface area (Å²) in [6.45, 7) is 4.99. The van der Waals surface area contributed by atoms with Gasteiger partial charge in [-0.05, 0) is 25.0 Å². The van der Waals surface area contributed by atoms with Crippen LogP contribution >= 0.6 is 35.6 Å². The smallest absolute Gasteiger partial charge is 0.243 e. The Morgan fingerprint density at radius 2 is 2.00 bits per heavy atom. The van der Waals surface area contributed by atoms with Gasteiger partial charge >= 0.3 is 0 Å². The fraction of sp³-hybridized carbons (Fsp3) is 0.500. The quantitative estimate of drug-likeness (QED) is 0.396. The van der Waals surface area contributed by atoms with Crippen molar-refractivity contribution < 1.29 is 4.79 Å². The molecule has 1 aromatic carbocycles. The van der Waals surface area contributed by atoms with E-state index in [2.05, 4.69) is 22.5 Å². The summed E-state index contributed by atoms with van der Waals surface area (Å²) >= 11 is 6.21. The molecule has 1 unspecified atom stereocenters. The zero-order chi connectivity index (χ0) is 16.5. The molecule has 1 amide bonds. The molecule has 0 saturated carbocycles. The predicted molar refractivity (Wildman–Crippen MR) is 108 cm³/mol. The van der Waals surface area contributed by atoms with Crippen LogP contribution in [0.4, 0.5) is 0 Å². The Hall–Kier alpha value is -1.02. The molecular weight excluding hydrogens is 427 g/mol. The van der Waals surface area contributed by atoms with Crippen molar-refractivity contribution in [3.05, 3.63) is 34.9 Å². The van der Waals surface area contributed by atoms with Crippen LogP contribution in [-0.2, 0) is 4.79 Å². The monoisotopic (exact) mass is 452 g/mol. The number of aliphatic imine (C=N–C) groups is 1. The molecule has 0 aliphatic carbocycles. The minimum absolute atomic E-state index is 0. The molecule has 2 N–H and O–H groups in total. The summed E-state index contributed by atoms with van der Waals surface area (Å²) in [4.78, 5) is 17.5. The molecule has 130 valence electrons.